The summed E-state index contributed by atoms with van der Waals surface area (Å²) in [7, 11) is 1.19. The number of halogens is 2. The smallest absolute Gasteiger partial charge is 1.00 e. The number of hydrogen-bond acceptors (Lipinski definition) is 1. The maximum Gasteiger partial charge on any atom is -1.00 e. The third kappa shape index (κ3) is 3.58. The average molecular weight is 394 g/mol. The van der Waals surface area contributed by atoms with Gasteiger partial charge in [0.15, 0.2) is 0 Å². The van der Waals surface area contributed by atoms with Gasteiger partial charge in [-0.15, -0.1) is 0 Å². The number of rotatable bonds is 3. The second-order valence-electron chi connectivity index (χ2n) is 7.26. The molecule has 1 aromatic carbocycles. The van der Waals surface area contributed by atoms with E-state index in [2.05, 4.69) is 58.9 Å². The monoisotopic (exact) mass is 393 g/mol. The first-order valence-electron chi connectivity index (χ1n) is 7.85. The van der Waals surface area contributed by atoms with Gasteiger partial charge in [-0.1, -0.05) is 0 Å². The molecule has 0 heterocycles. The predicted octanol–water partition coefficient (Wildman–Crippen LogP) is -2.15. The third-order valence-electron chi connectivity index (χ3n) is 5.28. The van der Waals surface area contributed by atoms with Crippen LogP contribution in [0.15, 0.2) is 29.8 Å². The number of nitrogens with two attached hydrogens (primary N) is 1. The van der Waals surface area contributed by atoms with E-state index in [0.29, 0.717) is 7.94 Å². The van der Waals surface area contributed by atoms with Crippen molar-refractivity contribution in [2.45, 2.75) is 55.4 Å². The van der Waals surface area contributed by atoms with Gasteiger partial charge in [0, 0.05) is 0 Å². The molecule has 1 aliphatic carbocycles. The van der Waals surface area contributed by atoms with E-state index in [1.54, 1.807) is 16.7 Å². The van der Waals surface area contributed by atoms with E-state index in [-0.39, 0.29) is 24.8 Å². The second kappa shape index (κ2) is 8.00. The van der Waals surface area contributed by atoms with Gasteiger partial charge in [0.05, 0.1) is 0 Å². The molecule has 2 rings (SSSR count). The maximum atomic E-state index is 7.11. The Kier molecular flexibility index (Phi) is 8.16. The molecule has 5 heteroatoms. The molecule has 0 saturated heterocycles. The number of benzene rings is 1. The molecular weight excluding hydrogens is 365 g/mol. The standard InChI is InChI=1S/C13H15.C4H9.2ClH.H2N.H3Si.Ti/c1-3-10-9-11-7-5-6-8-13(11)12(10)4-2;1-4(2)3;;;;;/h5-9H,3-4H2,1-2H3;1-3H3;2*1H;1H2;1H3;/q;;;;-1;;+1/p-2. The summed E-state index contributed by atoms with van der Waals surface area (Å²) in [6.45, 7) is 11.7. The molecule has 2 N–H and O–H groups in total. The van der Waals surface area contributed by atoms with Crippen LogP contribution in [0.1, 0.15) is 62.8 Å². The molecule has 0 aromatic heterocycles. The van der Waals surface area contributed by atoms with Gasteiger partial charge in [-0.2, -0.15) is 0 Å². The summed E-state index contributed by atoms with van der Waals surface area (Å²) in [4.78, 5) is 0. The van der Waals surface area contributed by atoms with Crippen molar-refractivity contribution < 1.29 is 40.9 Å². The summed E-state index contributed by atoms with van der Waals surface area (Å²) in [5.74, 6) is 0. The van der Waals surface area contributed by atoms with E-state index in [0.717, 1.165) is 12.8 Å². The van der Waals surface area contributed by atoms with Crippen LogP contribution in [0.5, 0.6) is 0 Å². The fraction of sp³-hybridized carbons (Fsp3) is 0.529. The van der Waals surface area contributed by atoms with Gasteiger partial charge >= 0.3 is 130 Å². The van der Waals surface area contributed by atoms with Gasteiger partial charge < -0.3 is 24.8 Å². The zero-order chi connectivity index (χ0) is 15.1. The van der Waals surface area contributed by atoms with Crippen molar-refractivity contribution in [1.82, 2.24) is 0 Å². The molecule has 0 radical (unpaired) electrons. The summed E-state index contributed by atoms with van der Waals surface area (Å²) in [5, 5.41) is 0. The molecule has 0 fully saturated rings. The summed E-state index contributed by atoms with van der Waals surface area (Å²) in [6, 6.07) is 9.03. The van der Waals surface area contributed by atoms with Crippen LogP contribution in [0.25, 0.3) is 5.57 Å². The molecule has 126 valence electrons. The van der Waals surface area contributed by atoms with Crippen LogP contribution in [0, 0.1) is 0 Å². The minimum Gasteiger partial charge on any atom is -1.00 e. The fourth-order valence-corrected chi connectivity index (χ4v) is 10.7. The van der Waals surface area contributed by atoms with Crippen LogP contribution in [-0.2, 0) is 16.1 Å². The zero-order valence-corrected chi connectivity index (χ0v) is 19.7. The first-order valence-corrected chi connectivity index (χ1v) is 16.1. The Balaban J connectivity index is 0.00000220. The Labute approximate surface area is 154 Å². The minimum atomic E-state index is -2.37. The SMILES string of the molecule is CCC1=C(CC)[CH]([Ti]([NH2])([SiH3])[C](C)(C)C)c2ccccc21.[Cl-].[Cl-]. The molecule has 2 atom stereocenters. The number of allylic oxidation sites excluding steroid dienone is 2. The normalized spacial score (nSPS) is 20.0. The second-order valence-corrected chi connectivity index (χ2v) is 21.3. The Hall–Kier alpha value is 0.431. The van der Waals surface area contributed by atoms with Gasteiger partial charge in [0.1, 0.15) is 0 Å². The quantitative estimate of drug-likeness (QED) is 0.582. The topological polar surface area (TPSA) is 26.0 Å². The summed E-state index contributed by atoms with van der Waals surface area (Å²) in [6.07, 6.45) is 2.30. The molecule has 0 saturated carbocycles. The molecular formula is C17H29Cl2NSiTi-2. The molecule has 0 aliphatic heterocycles. The van der Waals surface area contributed by atoms with Crippen molar-refractivity contribution in [2.24, 2.45) is 4.22 Å². The van der Waals surface area contributed by atoms with Crippen molar-refractivity contribution in [2.75, 3.05) is 0 Å². The third-order valence-corrected chi connectivity index (χ3v) is 21.8. The Morgan fingerprint density at radius 1 is 1.09 bits per heavy atom. The van der Waals surface area contributed by atoms with E-state index >= 15 is 0 Å². The van der Waals surface area contributed by atoms with Crippen LogP contribution in [0.4, 0.5) is 0 Å². The van der Waals surface area contributed by atoms with Gasteiger partial charge in [-0.05, 0) is 0 Å². The summed E-state index contributed by atoms with van der Waals surface area (Å²) in [5.41, 5.74) is 6.31. The van der Waals surface area contributed by atoms with Gasteiger partial charge in [-0.25, -0.2) is 0 Å². The van der Waals surface area contributed by atoms with Crippen LogP contribution >= 0.6 is 0 Å². The first-order chi connectivity index (χ1) is 9.25. The Morgan fingerprint density at radius 3 is 2.09 bits per heavy atom. The maximum absolute atomic E-state index is 7.11. The van der Waals surface area contributed by atoms with Crippen molar-refractivity contribution >= 4 is 13.7 Å². The summed E-state index contributed by atoms with van der Waals surface area (Å²) < 4.78 is 8.02. The zero-order valence-electron chi connectivity index (χ0n) is 14.6. The largest absolute Gasteiger partial charge is 1.00 e. The molecule has 1 aromatic rings. The van der Waals surface area contributed by atoms with Crippen LogP contribution in [0.2, 0.25) is 3.72 Å². The fourth-order valence-electron chi connectivity index (χ4n) is 3.51. The molecule has 1 nitrogen and oxygen atoms in total. The Morgan fingerprint density at radius 2 is 1.64 bits per heavy atom. The van der Waals surface area contributed by atoms with Crippen molar-refractivity contribution in [3.8, 4) is 0 Å². The average Bonchev–Trinajstić information content (AvgIpc) is 2.70. The van der Waals surface area contributed by atoms with E-state index in [4.69, 9.17) is 4.22 Å². The van der Waals surface area contributed by atoms with Gasteiger partial charge in [0.25, 0.3) is 0 Å². The van der Waals surface area contributed by atoms with Crippen LogP contribution in [0.3, 0.4) is 0 Å². The predicted molar refractivity (Wildman–Crippen MR) is 90.5 cm³/mol. The van der Waals surface area contributed by atoms with Crippen molar-refractivity contribution in [1.29, 1.82) is 0 Å². The number of hydrogen-bond donors (Lipinski definition) is 1. The minimum absolute atomic E-state index is 0. The Bertz CT molecular complexity index is 550. The van der Waals surface area contributed by atoms with Crippen molar-refractivity contribution in [3.63, 3.8) is 0 Å². The molecule has 0 bridgehead atoms. The summed E-state index contributed by atoms with van der Waals surface area (Å²) >= 11 is -2.37. The van der Waals surface area contributed by atoms with E-state index in [1.807, 2.05) is 0 Å². The van der Waals surface area contributed by atoms with Gasteiger partial charge in [-0.3, -0.25) is 0 Å². The van der Waals surface area contributed by atoms with Gasteiger partial charge in [0.2, 0.25) is 0 Å². The van der Waals surface area contributed by atoms with Crippen molar-refractivity contribution in [3.05, 3.63) is 41.0 Å². The van der Waals surface area contributed by atoms with Crippen LogP contribution < -0.4 is 29.0 Å². The molecule has 1 aliphatic rings. The molecule has 2 unspecified atom stereocenters. The number of fused-ring (bicyclic) bond motifs is 1. The first kappa shape index (κ1) is 22.4. The van der Waals surface area contributed by atoms with Crippen LogP contribution in [-0.4, -0.2) is 8.11 Å². The molecule has 0 amide bonds. The van der Waals surface area contributed by atoms with E-state index < -0.39 is 16.1 Å². The van der Waals surface area contributed by atoms with E-state index in [1.165, 1.54) is 13.7 Å². The molecule has 0 spiro atoms. The van der Waals surface area contributed by atoms with E-state index in [9.17, 15) is 0 Å². The molecule has 22 heavy (non-hydrogen) atoms.